The second kappa shape index (κ2) is 10.8. The maximum Gasteiger partial charge on any atom is 0.269 e. The fourth-order valence-electron chi connectivity index (χ4n) is 4.31. The molecule has 4 aromatic rings. The number of rotatable bonds is 9. The predicted octanol–water partition coefficient (Wildman–Crippen LogP) is 3.76. The Morgan fingerprint density at radius 3 is 2.38 bits per heavy atom. The average molecular weight is 563 g/mol. The lowest BCUT2D eigenvalue weighted by Gasteiger charge is -2.14. The topological polar surface area (TPSA) is 144 Å². The lowest BCUT2D eigenvalue weighted by atomic mass is 10.2. The van der Waals surface area contributed by atoms with Gasteiger partial charge in [0, 0.05) is 43.5 Å². The third-order valence-electron chi connectivity index (χ3n) is 6.42. The molecule has 13 heteroatoms. The van der Waals surface area contributed by atoms with Gasteiger partial charge in [0.25, 0.3) is 11.2 Å². The summed E-state index contributed by atoms with van der Waals surface area (Å²) in [6, 6.07) is 14.9. The van der Waals surface area contributed by atoms with Crippen LogP contribution in [0.3, 0.4) is 0 Å². The van der Waals surface area contributed by atoms with Gasteiger partial charge in [-0.05, 0) is 29.3 Å². The number of ether oxygens (including phenoxy) is 4. The van der Waals surface area contributed by atoms with E-state index in [-0.39, 0.29) is 43.7 Å². The van der Waals surface area contributed by atoms with E-state index < -0.39 is 4.92 Å². The monoisotopic (exact) mass is 562 g/mol. The van der Waals surface area contributed by atoms with E-state index >= 15 is 0 Å². The van der Waals surface area contributed by atoms with Crippen LogP contribution in [0.1, 0.15) is 17.5 Å². The van der Waals surface area contributed by atoms with Gasteiger partial charge in [-0.2, -0.15) is 0 Å². The maximum atomic E-state index is 13.6. The van der Waals surface area contributed by atoms with Crippen molar-refractivity contribution in [3.8, 4) is 23.0 Å². The average Bonchev–Trinajstić information content (AvgIpc) is 3.62. The number of hydrogen-bond donors (Lipinski definition) is 1. The number of benzene rings is 3. The summed E-state index contributed by atoms with van der Waals surface area (Å²) in [6.45, 7) is 0.634. The summed E-state index contributed by atoms with van der Waals surface area (Å²) in [5.41, 5.74) is 1.82. The molecule has 40 heavy (non-hydrogen) atoms. The Kier molecular flexibility index (Phi) is 6.86. The van der Waals surface area contributed by atoms with Gasteiger partial charge < -0.3 is 24.3 Å². The molecule has 1 N–H and O–H groups in total. The van der Waals surface area contributed by atoms with Gasteiger partial charge in [0.2, 0.25) is 19.5 Å². The molecule has 0 saturated heterocycles. The predicted molar refractivity (Wildman–Crippen MR) is 144 cm³/mol. The van der Waals surface area contributed by atoms with E-state index in [1.165, 1.54) is 28.5 Å². The van der Waals surface area contributed by atoms with E-state index in [1.54, 1.807) is 30.3 Å². The zero-order valence-corrected chi connectivity index (χ0v) is 21.8. The van der Waals surface area contributed by atoms with E-state index in [0.717, 1.165) is 11.1 Å². The first kappa shape index (κ1) is 25.5. The van der Waals surface area contributed by atoms with E-state index in [0.29, 0.717) is 51.4 Å². The quantitative estimate of drug-likeness (QED) is 0.139. The van der Waals surface area contributed by atoms with Crippen molar-refractivity contribution in [3.05, 3.63) is 86.2 Å². The van der Waals surface area contributed by atoms with Gasteiger partial charge >= 0.3 is 0 Å². The molecule has 0 fully saturated rings. The number of nitro benzene ring substituents is 1. The third kappa shape index (κ3) is 5.23. The molecule has 0 aliphatic carbocycles. The van der Waals surface area contributed by atoms with Crippen LogP contribution in [0, 0.1) is 10.1 Å². The molecule has 0 saturated carbocycles. The van der Waals surface area contributed by atoms with Crippen LogP contribution in [0.25, 0.3) is 10.9 Å². The molecule has 12 nitrogen and oxygen atoms in total. The number of fused-ring (bicyclic) bond motifs is 3. The molecule has 204 valence electrons. The van der Waals surface area contributed by atoms with Gasteiger partial charge in [-0.1, -0.05) is 30.0 Å². The third-order valence-corrected chi connectivity index (χ3v) is 7.47. The van der Waals surface area contributed by atoms with Crippen molar-refractivity contribution in [2.75, 3.05) is 13.6 Å². The summed E-state index contributed by atoms with van der Waals surface area (Å²) in [5.74, 6) is 2.45. The van der Waals surface area contributed by atoms with E-state index in [1.807, 2.05) is 12.1 Å². The minimum absolute atomic E-state index is 0.00248. The number of carbonyl (C=O) groups is 1. The van der Waals surface area contributed by atoms with Crippen LogP contribution in [0.4, 0.5) is 5.69 Å². The Balaban J connectivity index is 1.20. The van der Waals surface area contributed by atoms with Crippen molar-refractivity contribution in [1.29, 1.82) is 0 Å². The largest absolute Gasteiger partial charge is 0.454 e. The Bertz CT molecular complexity index is 1690. The van der Waals surface area contributed by atoms with E-state index in [9.17, 15) is 19.7 Å². The summed E-state index contributed by atoms with van der Waals surface area (Å²) in [7, 11) is 0. The first-order valence-electron chi connectivity index (χ1n) is 12.3. The molecule has 3 aromatic carbocycles. The van der Waals surface area contributed by atoms with Gasteiger partial charge in [-0.25, -0.2) is 4.98 Å². The lowest BCUT2D eigenvalue weighted by molar-refractivity contribution is -0.384. The van der Waals surface area contributed by atoms with Crippen molar-refractivity contribution in [3.63, 3.8) is 0 Å². The number of nitrogens with one attached hydrogen (secondary N) is 1. The molecular weight excluding hydrogens is 540 g/mol. The SMILES string of the molecule is O=C(CCn1c(SCc2ccc([N+](=O)[O-])cc2)nc2cc3c(cc2c1=O)OCO3)NCc1ccc2c(c1)OCO2. The highest BCUT2D eigenvalue weighted by molar-refractivity contribution is 7.98. The Morgan fingerprint density at radius 2 is 1.62 bits per heavy atom. The van der Waals surface area contributed by atoms with Crippen LogP contribution in [-0.4, -0.2) is 34.0 Å². The fraction of sp³-hybridized carbons (Fsp3) is 0.222. The van der Waals surface area contributed by atoms with Crippen molar-refractivity contribution < 1.29 is 28.7 Å². The van der Waals surface area contributed by atoms with Gasteiger partial charge in [0.15, 0.2) is 28.2 Å². The van der Waals surface area contributed by atoms with Crippen LogP contribution >= 0.6 is 11.8 Å². The Morgan fingerprint density at radius 1 is 0.950 bits per heavy atom. The van der Waals surface area contributed by atoms with Crippen LogP contribution in [0.5, 0.6) is 23.0 Å². The minimum Gasteiger partial charge on any atom is -0.454 e. The molecule has 1 aromatic heterocycles. The number of thioether (sulfide) groups is 1. The highest BCUT2D eigenvalue weighted by Gasteiger charge is 2.20. The maximum absolute atomic E-state index is 13.6. The highest BCUT2D eigenvalue weighted by Crippen LogP contribution is 2.35. The second-order valence-corrected chi connectivity index (χ2v) is 9.94. The zero-order chi connectivity index (χ0) is 27.6. The van der Waals surface area contributed by atoms with E-state index in [2.05, 4.69) is 5.32 Å². The van der Waals surface area contributed by atoms with Crippen molar-refractivity contribution in [2.24, 2.45) is 0 Å². The number of amides is 1. The number of aromatic nitrogens is 2. The van der Waals surface area contributed by atoms with Gasteiger partial charge in [-0.15, -0.1) is 0 Å². The van der Waals surface area contributed by atoms with Crippen LogP contribution in [-0.2, 0) is 23.6 Å². The Labute approximate surface area is 231 Å². The number of hydrogen-bond acceptors (Lipinski definition) is 10. The molecule has 2 aliphatic heterocycles. The second-order valence-electron chi connectivity index (χ2n) is 9.00. The highest BCUT2D eigenvalue weighted by atomic mass is 32.2. The van der Waals surface area contributed by atoms with Gasteiger partial charge in [0.05, 0.1) is 15.8 Å². The number of non-ortho nitro benzene ring substituents is 1. The van der Waals surface area contributed by atoms with Crippen LogP contribution in [0.15, 0.2) is 64.5 Å². The lowest BCUT2D eigenvalue weighted by Crippen LogP contribution is -2.28. The van der Waals surface area contributed by atoms with Crippen LogP contribution < -0.4 is 29.8 Å². The first-order valence-corrected chi connectivity index (χ1v) is 13.3. The number of nitrogens with zero attached hydrogens (tertiary/aromatic N) is 3. The number of carbonyl (C=O) groups excluding carboxylic acids is 1. The number of nitro groups is 1. The summed E-state index contributed by atoms with van der Waals surface area (Å²) in [5, 5.41) is 14.6. The molecule has 2 aliphatic rings. The van der Waals surface area contributed by atoms with Crippen LogP contribution in [0.2, 0.25) is 0 Å². The van der Waals surface area contributed by atoms with Crippen molar-refractivity contribution in [1.82, 2.24) is 14.9 Å². The molecule has 0 atom stereocenters. The van der Waals surface area contributed by atoms with Gasteiger partial charge in [-0.3, -0.25) is 24.3 Å². The molecule has 0 radical (unpaired) electrons. The zero-order valence-electron chi connectivity index (χ0n) is 21.0. The molecular formula is C27H22N4O8S. The molecule has 1 amide bonds. The molecule has 6 rings (SSSR count). The normalized spacial score (nSPS) is 13.0. The van der Waals surface area contributed by atoms with E-state index in [4.69, 9.17) is 23.9 Å². The molecule has 0 bridgehead atoms. The molecule has 0 spiro atoms. The Hall–Kier alpha value is -4.78. The molecule has 3 heterocycles. The standard InChI is InChI=1S/C27H22N4O8S/c32-25(28-12-17-3-6-21-22(9-17)37-14-36-21)7-8-30-26(33)19-10-23-24(39-15-38-23)11-20(19)29-27(30)40-13-16-1-4-18(5-2-16)31(34)35/h1-6,9-11H,7-8,12-15H2,(H,28,32). The van der Waals surface area contributed by atoms with Crippen molar-refractivity contribution >= 4 is 34.3 Å². The summed E-state index contributed by atoms with van der Waals surface area (Å²) < 4.78 is 23.0. The first-order chi connectivity index (χ1) is 19.4. The smallest absolute Gasteiger partial charge is 0.269 e. The summed E-state index contributed by atoms with van der Waals surface area (Å²) >= 11 is 1.30. The minimum atomic E-state index is -0.457. The van der Waals surface area contributed by atoms with Gasteiger partial charge in [0.1, 0.15) is 0 Å². The summed E-state index contributed by atoms with van der Waals surface area (Å²) in [6.07, 6.45) is 0.0489. The summed E-state index contributed by atoms with van der Waals surface area (Å²) in [4.78, 5) is 41.5. The fourth-order valence-corrected chi connectivity index (χ4v) is 5.29. The molecule has 0 unspecified atom stereocenters. The van der Waals surface area contributed by atoms with Crippen molar-refractivity contribution in [2.45, 2.75) is 30.4 Å².